The van der Waals surface area contributed by atoms with Crippen LogP contribution in [0.15, 0.2) is 12.1 Å². The Bertz CT molecular complexity index is 394. The summed E-state index contributed by atoms with van der Waals surface area (Å²) in [6.45, 7) is 6.94. The van der Waals surface area contributed by atoms with Crippen molar-refractivity contribution in [3.63, 3.8) is 0 Å². The molecule has 0 saturated heterocycles. The minimum absolute atomic E-state index is 0.0901. The van der Waals surface area contributed by atoms with E-state index >= 15 is 0 Å². The van der Waals surface area contributed by atoms with Crippen molar-refractivity contribution in [3.8, 4) is 11.5 Å². The van der Waals surface area contributed by atoms with Gasteiger partial charge in [0.1, 0.15) is 11.5 Å². The molecule has 3 heteroatoms. The van der Waals surface area contributed by atoms with Crippen LogP contribution in [0.4, 0.5) is 0 Å². The first-order valence-corrected chi connectivity index (χ1v) is 6.50. The number of nitrogens with two attached hydrogens (primary N) is 1. The molecule has 0 aliphatic carbocycles. The Morgan fingerprint density at radius 3 is 2.39 bits per heavy atom. The van der Waals surface area contributed by atoms with Crippen LogP contribution in [0.3, 0.4) is 0 Å². The van der Waals surface area contributed by atoms with Crippen molar-refractivity contribution >= 4 is 0 Å². The molecule has 0 spiro atoms. The number of phenols is 1. The van der Waals surface area contributed by atoms with Gasteiger partial charge in [-0.1, -0.05) is 20.8 Å². The van der Waals surface area contributed by atoms with Gasteiger partial charge in [-0.3, -0.25) is 0 Å². The van der Waals surface area contributed by atoms with Crippen LogP contribution in [0.25, 0.3) is 0 Å². The first-order valence-electron chi connectivity index (χ1n) is 6.50. The largest absolute Gasteiger partial charge is 0.508 e. The monoisotopic (exact) mass is 251 g/mol. The number of hydrogen-bond acceptors (Lipinski definition) is 3. The molecule has 0 unspecified atom stereocenters. The Morgan fingerprint density at radius 1 is 1.22 bits per heavy atom. The molecule has 0 amide bonds. The second-order valence-electron chi connectivity index (χ2n) is 5.68. The van der Waals surface area contributed by atoms with E-state index < -0.39 is 0 Å². The van der Waals surface area contributed by atoms with E-state index in [1.54, 1.807) is 7.11 Å². The molecular weight excluding hydrogens is 226 g/mol. The standard InChI is InChI=1S/C15H25NO2/c1-15(2,3)12-10-14(18-4)11(9-13(12)17)7-5-6-8-16/h9-10,17H,5-8,16H2,1-4H3. The van der Waals surface area contributed by atoms with Gasteiger partial charge >= 0.3 is 0 Å². The fraction of sp³-hybridized carbons (Fsp3) is 0.600. The quantitative estimate of drug-likeness (QED) is 0.791. The molecule has 0 heterocycles. The highest BCUT2D eigenvalue weighted by atomic mass is 16.5. The van der Waals surface area contributed by atoms with Crippen LogP contribution in [0, 0.1) is 0 Å². The summed E-state index contributed by atoms with van der Waals surface area (Å²) < 4.78 is 5.42. The van der Waals surface area contributed by atoms with E-state index in [0.29, 0.717) is 12.3 Å². The molecule has 1 rings (SSSR count). The van der Waals surface area contributed by atoms with E-state index in [4.69, 9.17) is 10.5 Å². The summed E-state index contributed by atoms with van der Waals surface area (Å²) in [7, 11) is 1.67. The minimum atomic E-state index is -0.0901. The molecule has 0 aliphatic heterocycles. The third kappa shape index (κ3) is 3.64. The number of benzene rings is 1. The van der Waals surface area contributed by atoms with Crippen LogP contribution < -0.4 is 10.5 Å². The topological polar surface area (TPSA) is 55.5 Å². The van der Waals surface area contributed by atoms with Crippen molar-refractivity contribution < 1.29 is 9.84 Å². The fourth-order valence-electron chi connectivity index (χ4n) is 2.06. The highest BCUT2D eigenvalue weighted by Gasteiger charge is 2.20. The molecule has 1 aromatic rings. The van der Waals surface area contributed by atoms with Crippen molar-refractivity contribution in [3.05, 3.63) is 23.3 Å². The molecule has 3 N–H and O–H groups in total. The second kappa shape index (κ2) is 6.10. The number of phenolic OH excluding ortho intramolecular Hbond substituents is 1. The lowest BCUT2D eigenvalue weighted by Crippen LogP contribution is -2.12. The van der Waals surface area contributed by atoms with E-state index in [0.717, 1.165) is 36.1 Å². The summed E-state index contributed by atoms with van der Waals surface area (Å²) in [5.41, 5.74) is 7.37. The van der Waals surface area contributed by atoms with E-state index in [-0.39, 0.29) is 5.41 Å². The molecule has 1 aromatic carbocycles. The molecule has 0 saturated carbocycles. The molecule has 3 nitrogen and oxygen atoms in total. The van der Waals surface area contributed by atoms with Gasteiger partial charge < -0.3 is 15.6 Å². The highest BCUT2D eigenvalue weighted by Crippen LogP contribution is 2.36. The Balaban J connectivity index is 3.03. The number of unbranched alkanes of at least 4 members (excludes halogenated alkanes) is 1. The Kier molecular flexibility index (Phi) is 5.03. The van der Waals surface area contributed by atoms with Crippen LogP contribution >= 0.6 is 0 Å². The van der Waals surface area contributed by atoms with Gasteiger partial charge in [0.05, 0.1) is 7.11 Å². The van der Waals surface area contributed by atoms with Crippen molar-refractivity contribution in [1.29, 1.82) is 0 Å². The lowest BCUT2D eigenvalue weighted by Gasteiger charge is -2.22. The summed E-state index contributed by atoms with van der Waals surface area (Å²) in [5.74, 6) is 1.21. The zero-order chi connectivity index (χ0) is 13.8. The Morgan fingerprint density at radius 2 is 1.89 bits per heavy atom. The number of methoxy groups -OCH3 is 1. The summed E-state index contributed by atoms with van der Waals surface area (Å²) in [6, 6.07) is 3.78. The molecule has 18 heavy (non-hydrogen) atoms. The molecule has 0 atom stereocenters. The minimum Gasteiger partial charge on any atom is -0.508 e. The number of rotatable bonds is 5. The Labute approximate surface area is 110 Å². The van der Waals surface area contributed by atoms with Crippen molar-refractivity contribution in [2.45, 2.75) is 45.4 Å². The zero-order valence-corrected chi connectivity index (χ0v) is 11.9. The first-order chi connectivity index (χ1) is 8.40. The van der Waals surface area contributed by atoms with Crippen LogP contribution in [-0.2, 0) is 11.8 Å². The van der Waals surface area contributed by atoms with Crippen LogP contribution in [-0.4, -0.2) is 18.8 Å². The van der Waals surface area contributed by atoms with E-state index in [2.05, 4.69) is 20.8 Å². The van der Waals surface area contributed by atoms with Crippen LogP contribution in [0.1, 0.15) is 44.7 Å². The van der Waals surface area contributed by atoms with Gasteiger partial charge in [-0.25, -0.2) is 0 Å². The predicted octanol–water partition coefficient (Wildman–Crippen LogP) is 2.98. The van der Waals surface area contributed by atoms with E-state index in [9.17, 15) is 5.11 Å². The van der Waals surface area contributed by atoms with Crippen molar-refractivity contribution in [2.75, 3.05) is 13.7 Å². The first kappa shape index (κ1) is 14.8. The van der Waals surface area contributed by atoms with E-state index in [1.165, 1.54) is 0 Å². The van der Waals surface area contributed by atoms with Gasteiger partial charge in [0.2, 0.25) is 0 Å². The van der Waals surface area contributed by atoms with Gasteiger partial charge in [-0.15, -0.1) is 0 Å². The molecule has 102 valence electrons. The third-order valence-corrected chi connectivity index (χ3v) is 3.11. The maximum Gasteiger partial charge on any atom is 0.122 e. The average molecular weight is 251 g/mol. The average Bonchev–Trinajstić information content (AvgIpc) is 2.28. The summed E-state index contributed by atoms with van der Waals surface area (Å²) in [6.07, 6.45) is 2.89. The van der Waals surface area contributed by atoms with Gasteiger partial charge in [0, 0.05) is 5.56 Å². The zero-order valence-electron chi connectivity index (χ0n) is 11.9. The van der Waals surface area contributed by atoms with Gasteiger partial charge in [-0.2, -0.15) is 0 Å². The number of aryl methyl sites for hydroxylation is 1. The van der Waals surface area contributed by atoms with Gasteiger partial charge in [-0.05, 0) is 48.9 Å². The molecule has 0 fully saturated rings. The number of hydrogen-bond donors (Lipinski definition) is 2. The lowest BCUT2D eigenvalue weighted by atomic mass is 9.85. The van der Waals surface area contributed by atoms with Crippen molar-refractivity contribution in [2.24, 2.45) is 5.73 Å². The molecule has 0 aromatic heterocycles. The molecule has 0 aliphatic rings. The third-order valence-electron chi connectivity index (χ3n) is 3.11. The molecular formula is C15H25NO2. The number of ether oxygens (including phenoxy) is 1. The maximum absolute atomic E-state index is 10.1. The molecule has 0 bridgehead atoms. The summed E-state index contributed by atoms with van der Waals surface area (Å²) >= 11 is 0. The summed E-state index contributed by atoms with van der Waals surface area (Å²) in [5, 5.41) is 10.1. The van der Waals surface area contributed by atoms with Gasteiger partial charge in [0.15, 0.2) is 0 Å². The van der Waals surface area contributed by atoms with Crippen molar-refractivity contribution in [1.82, 2.24) is 0 Å². The van der Waals surface area contributed by atoms with Crippen LogP contribution in [0.5, 0.6) is 11.5 Å². The lowest BCUT2D eigenvalue weighted by molar-refractivity contribution is 0.399. The normalized spacial score (nSPS) is 11.6. The number of aromatic hydroxyl groups is 1. The predicted molar refractivity (Wildman–Crippen MR) is 75.4 cm³/mol. The van der Waals surface area contributed by atoms with E-state index in [1.807, 2.05) is 12.1 Å². The van der Waals surface area contributed by atoms with Gasteiger partial charge in [0.25, 0.3) is 0 Å². The second-order valence-corrected chi connectivity index (χ2v) is 5.68. The smallest absolute Gasteiger partial charge is 0.122 e. The van der Waals surface area contributed by atoms with Crippen LogP contribution in [0.2, 0.25) is 0 Å². The fourth-order valence-corrected chi connectivity index (χ4v) is 2.06. The summed E-state index contributed by atoms with van der Waals surface area (Å²) in [4.78, 5) is 0. The maximum atomic E-state index is 10.1. The highest BCUT2D eigenvalue weighted by molar-refractivity contribution is 5.48. The molecule has 0 radical (unpaired) electrons. The SMILES string of the molecule is COc1cc(C(C)(C)C)c(O)cc1CCCCN. The Hall–Kier alpha value is -1.22.